The van der Waals surface area contributed by atoms with Crippen LogP contribution >= 0.6 is 0 Å². The van der Waals surface area contributed by atoms with Crippen molar-refractivity contribution < 1.29 is 0 Å². The summed E-state index contributed by atoms with van der Waals surface area (Å²) in [4.78, 5) is 7.42. The summed E-state index contributed by atoms with van der Waals surface area (Å²) in [5, 5.41) is 6.06. The van der Waals surface area contributed by atoms with E-state index in [1.807, 2.05) is 0 Å². The molecule has 1 N–H and O–H groups in total. The molecule has 1 saturated heterocycles. The van der Waals surface area contributed by atoms with Crippen molar-refractivity contribution in [3.8, 4) is 0 Å². The van der Waals surface area contributed by atoms with Crippen molar-refractivity contribution in [2.75, 3.05) is 18.0 Å². The summed E-state index contributed by atoms with van der Waals surface area (Å²) in [6.07, 6.45) is 3.91. The average Bonchev–Trinajstić information content (AvgIpc) is 2.53. The summed E-state index contributed by atoms with van der Waals surface area (Å²) >= 11 is 0. The Morgan fingerprint density at radius 3 is 2.67 bits per heavy atom. The third kappa shape index (κ3) is 3.35. The van der Waals surface area contributed by atoms with E-state index in [0.29, 0.717) is 6.04 Å². The van der Waals surface area contributed by atoms with Crippen LogP contribution in [0.1, 0.15) is 38.8 Å². The Bertz CT molecular complexity index is 600. The van der Waals surface area contributed by atoms with Gasteiger partial charge in [0.2, 0.25) is 0 Å². The molecule has 21 heavy (non-hydrogen) atoms. The van der Waals surface area contributed by atoms with Gasteiger partial charge in [-0.15, -0.1) is 0 Å². The Labute approximate surface area is 127 Å². The fourth-order valence-electron chi connectivity index (χ4n) is 2.98. The number of hydrogen-bond donors (Lipinski definition) is 1. The standard InChI is InChI=1S/C18H25N3/c1-14(2)19-13-16-12-15-8-4-5-9-17(15)18(20-16)21-10-6-3-7-11-21/h4-5,8-9,12,14,19H,3,6-7,10-11,13H2,1-2H3. The van der Waals surface area contributed by atoms with E-state index in [4.69, 9.17) is 4.98 Å². The average molecular weight is 283 g/mol. The van der Waals surface area contributed by atoms with Gasteiger partial charge >= 0.3 is 0 Å². The van der Waals surface area contributed by atoms with Crippen LogP contribution in [0.3, 0.4) is 0 Å². The van der Waals surface area contributed by atoms with Crippen LogP contribution in [0.25, 0.3) is 10.8 Å². The second-order valence-corrected chi connectivity index (χ2v) is 6.24. The molecule has 1 aliphatic heterocycles. The molecule has 0 bridgehead atoms. The Kier molecular flexibility index (Phi) is 4.39. The maximum Gasteiger partial charge on any atom is 0.136 e. The van der Waals surface area contributed by atoms with Gasteiger partial charge in [0.1, 0.15) is 5.82 Å². The molecule has 1 fully saturated rings. The lowest BCUT2D eigenvalue weighted by Crippen LogP contribution is -2.31. The number of piperidine rings is 1. The molecule has 1 aliphatic rings. The van der Waals surface area contributed by atoms with Crippen LogP contribution in [0, 0.1) is 0 Å². The molecule has 0 aliphatic carbocycles. The third-order valence-electron chi connectivity index (χ3n) is 4.12. The molecule has 1 aromatic heterocycles. The van der Waals surface area contributed by atoms with E-state index in [0.717, 1.165) is 25.3 Å². The molecule has 3 rings (SSSR count). The van der Waals surface area contributed by atoms with Gasteiger partial charge in [0, 0.05) is 31.1 Å². The minimum Gasteiger partial charge on any atom is -0.356 e. The summed E-state index contributed by atoms with van der Waals surface area (Å²) in [6.45, 7) is 7.46. The monoisotopic (exact) mass is 283 g/mol. The molecule has 2 aromatic rings. The Morgan fingerprint density at radius 1 is 1.14 bits per heavy atom. The van der Waals surface area contributed by atoms with Gasteiger partial charge in [0.15, 0.2) is 0 Å². The van der Waals surface area contributed by atoms with Crippen LogP contribution in [0.2, 0.25) is 0 Å². The topological polar surface area (TPSA) is 28.2 Å². The zero-order chi connectivity index (χ0) is 14.7. The van der Waals surface area contributed by atoms with E-state index in [1.54, 1.807) is 0 Å². The van der Waals surface area contributed by atoms with Crippen LogP contribution < -0.4 is 10.2 Å². The van der Waals surface area contributed by atoms with Crippen LogP contribution in [0.15, 0.2) is 30.3 Å². The van der Waals surface area contributed by atoms with Gasteiger partial charge in [-0.1, -0.05) is 38.1 Å². The predicted molar refractivity (Wildman–Crippen MR) is 89.8 cm³/mol. The second-order valence-electron chi connectivity index (χ2n) is 6.24. The zero-order valence-electron chi connectivity index (χ0n) is 13.1. The number of anilines is 1. The van der Waals surface area contributed by atoms with Crippen LogP contribution in [0.5, 0.6) is 0 Å². The van der Waals surface area contributed by atoms with Gasteiger partial charge in [-0.25, -0.2) is 4.98 Å². The lowest BCUT2D eigenvalue weighted by Gasteiger charge is -2.29. The molecule has 0 atom stereocenters. The normalized spacial score (nSPS) is 15.9. The van der Waals surface area contributed by atoms with Gasteiger partial charge in [0.05, 0.1) is 5.69 Å². The van der Waals surface area contributed by atoms with Gasteiger partial charge in [-0.05, 0) is 30.7 Å². The van der Waals surface area contributed by atoms with Crippen molar-refractivity contribution in [1.82, 2.24) is 10.3 Å². The minimum atomic E-state index is 0.483. The highest BCUT2D eigenvalue weighted by Crippen LogP contribution is 2.28. The number of benzene rings is 1. The number of fused-ring (bicyclic) bond motifs is 1. The highest BCUT2D eigenvalue weighted by molar-refractivity contribution is 5.92. The maximum absolute atomic E-state index is 4.96. The fraction of sp³-hybridized carbons (Fsp3) is 0.500. The first-order valence-electron chi connectivity index (χ1n) is 8.11. The highest BCUT2D eigenvalue weighted by Gasteiger charge is 2.16. The fourth-order valence-corrected chi connectivity index (χ4v) is 2.98. The number of nitrogens with one attached hydrogen (secondary N) is 1. The molecular weight excluding hydrogens is 258 g/mol. The first-order valence-corrected chi connectivity index (χ1v) is 8.11. The third-order valence-corrected chi connectivity index (χ3v) is 4.12. The quantitative estimate of drug-likeness (QED) is 0.927. The van der Waals surface area contributed by atoms with Crippen molar-refractivity contribution >= 4 is 16.6 Å². The smallest absolute Gasteiger partial charge is 0.136 e. The molecule has 0 saturated carbocycles. The van der Waals surface area contributed by atoms with Gasteiger partial charge in [0.25, 0.3) is 0 Å². The first-order chi connectivity index (χ1) is 10.2. The molecule has 112 valence electrons. The number of aromatic nitrogens is 1. The van der Waals surface area contributed by atoms with Crippen LogP contribution in [-0.2, 0) is 6.54 Å². The van der Waals surface area contributed by atoms with Crippen LogP contribution in [-0.4, -0.2) is 24.1 Å². The Hall–Kier alpha value is -1.61. The Balaban J connectivity index is 1.98. The lowest BCUT2D eigenvalue weighted by molar-refractivity contribution is 0.567. The summed E-state index contributed by atoms with van der Waals surface area (Å²) < 4.78 is 0. The van der Waals surface area contributed by atoms with E-state index >= 15 is 0 Å². The minimum absolute atomic E-state index is 0.483. The van der Waals surface area contributed by atoms with E-state index < -0.39 is 0 Å². The van der Waals surface area contributed by atoms with E-state index in [9.17, 15) is 0 Å². The molecule has 3 nitrogen and oxygen atoms in total. The molecule has 0 unspecified atom stereocenters. The lowest BCUT2D eigenvalue weighted by atomic mass is 10.1. The molecule has 0 amide bonds. The second kappa shape index (κ2) is 6.44. The summed E-state index contributed by atoms with van der Waals surface area (Å²) in [5.41, 5.74) is 1.14. The number of nitrogens with zero attached hydrogens (tertiary/aromatic N) is 2. The van der Waals surface area contributed by atoms with Crippen molar-refractivity contribution in [3.05, 3.63) is 36.0 Å². The van der Waals surface area contributed by atoms with E-state index in [-0.39, 0.29) is 0 Å². The van der Waals surface area contributed by atoms with Gasteiger partial charge < -0.3 is 10.2 Å². The number of rotatable bonds is 4. The molecule has 3 heteroatoms. The SMILES string of the molecule is CC(C)NCc1cc2ccccc2c(N2CCCCC2)n1. The zero-order valence-corrected chi connectivity index (χ0v) is 13.1. The van der Waals surface area contributed by atoms with Crippen LogP contribution in [0.4, 0.5) is 5.82 Å². The first kappa shape index (κ1) is 14.3. The summed E-state index contributed by atoms with van der Waals surface area (Å²) in [6, 6.07) is 11.3. The number of hydrogen-bond acceptors (Lipinski definition) is 3. The Morgan fingerprint density at radius 2 is 1.90 bits per heavy atom. The van der Waals surface area contributed by atoms with Gasteiger partial charge in [-0.2, -0.15) is 0 Å². The summed E-state index contributed by atoms with van der Waals surface area (Å²) in [5.74, 6) is 1.17. The molecule has 1 aromatic carbocycles. The molecular formula is C18H25N3. The van der Waals surface area contributed by atoms with Gasteiger partial charge in [-0.3, -0.25) is 0 Å². The largest absolute Gasteiger partial charge is 0.356 e. The molecule has 0 radical (unpaired) electrons. The predicted octanol–water partition coefficient (Wildman–Crippen LogP) is 3.72. The molecule has 2 heterocycles. The van der Waals surface area contributed by atoms with Crippen molar-refractivity contribution in [2.45, 2.75) is 45.7 Å². The number of pyridine rings is 1. The maximum atomic E-state index is 4.96. The molecule has 0 spiro atoms. The highest BCUT2D eigenvalue weighted by atomic mass is 15.2. The van der Waals surface area contributed by atoms with Crippen molar-refractivity contribution in [1.29, 1.82) is 0 Å². The van der Waals surface area contributed by atoms with E-state index in [1.165, 1.54) is 35.9 Å². The summed E-state index contributed by atoms with van der Waals surface area (Å²) in [7, 11) is 0. The van der Waals surface area contributed by atoms with Crippen molar-refractivity contribution in [2.24, 2.45) is 0 Å². The van der Waals surface area contributed by atoms with Crippen molar-refractivity contribution in [3.63, 3.8) is 0 Å². The van der Waals surface area contributed by atoms with E-state index in [2.05, 4.69) is 54.4 Å².